The van der Waals surface area contributed by atoms with Crippen LogP contribution in [0.5, 0.6) is 0 Å². The van der Waals surface area contributed by atoms with Gasteiger partial charge in [-0.1, -0.05) is 0 Å². The minimum absolute atomic E-state index is 0.0806. The van der Waals surface area contributed by atoms with Gasteiger partial charge >= 0.3 is 12.0 Å². The number of nitrogens with one attached hydrogen (secondary N) is 1. The summed E-state index contributed by atoms with van der Waals surface area (Å²) in [5, 5.41) is 0. The minimum Gasteiger partial charge on any atom is -0.461 e. The van der Waals surface area contributed by atoms with Gasteiger partial charge in [0.15, 0.2) is 5.69 Å². The highest BCUT2D eigenvalue weighted by atomic mass is 32.2. The van der Waals surface area contributed by atoms with Gasteiger partial charge in [0.1, 0.15) is 6.26 Å². The van der Waals surface area contributed by atoms with Gasteiger partial charge in [-0.2, -0.15) is 4.98 Å². The molecule has 0 saturated carbocycles. The van der Waals surface area contributed by atoms with Crippen LogP contribution in [0.1, 0.15) is 17.4 Å². The Morgan fingerprint density at radius 1 is 1.67 bits per heavy atom. The number of oxazole rings is 1. The molecule has 15 heavy (non-hydrogen) atoms. The van der Waals surface area contributed by atoms with Crippen molar-refractivity contribution in [2.24, 2.45) is 0 Å². The molecule has 84 valence electrons. The second kappa shape index (κ2) is 4.30. The molecule has 0 bridgehead atoms. The van der Waals surface area contributed by atoms with E-state index in [0.29, 0.717) is 0 Å². The van der Waals surface area contributed by atoms with E-state index in [1.807, 2.05) is 4.72 Å². The zero-order valence-electron chi connectivity index (χ0n) is 8.18. The van der Waals surface area contributed by atoms with Crippen molar-refractivity contribution < 1.29 is 22.4 Å². The molecule has 0 saturated heterocycles. The van der Waals surface area contributed by atoms with E-state index in [4.69, 9.17) is 4.42 Å². The molecule has 0 aliphatic heterocycles. The maximum atomic E-state index is 11.1. The van der Waals surface area contributed by atoms with Gasteiger partial charge in [0.2, 0.25) is 10.0 Å². The molecule has 0 aliphatic rings. The van der Waals surface area contributed by atoms with E-state index in [1.54, 1.807) is 6.92 Å². The van der Waals surface area contributed by atoms with E-state index in [1.165, 1.54) is 0 Å². The van der Waals surface area contributed by atoms with Crippen LogP contribution >= 0.6 is 0 Å². The Morgan fingerprint density at radius 3 is 2.87 bits per heavy atom. The molecule has 0 aromatic carbocycles. The zero-order chi connectivity index (χ0) is 11.5. The predicted octanol–water partition coefficient (Wildman–Crippen LogP) is 0.223. The fourth-order valence-electron chi connectivity index (χ4n) is 0.778. The lowest BCUT2D eigenvalue weighted by molar-refractivity contribution is 0.0519. The molecule has 0 fully saturated rings. The number of nitrogens with zero attached hydrogens (tertiary/aromatic N) is 1. The Hall–Kier alpha value is -1.57. The van der Waals surface area contributed by atoms with Crippen molar-refractivity contribution in [2.75, 3.05) is 17.6 Å². The molecular weight excluding hydrogens is 224 g/mol. The summed E-state index contributed by atoms with van der Waals surface area (Å²) in [5.74, 6) is -0.664. The van der Waals surface area contributed by atoms with Gasteiger partial charge in [-0.05, 0) is 6.92 Å². The molecule has 7 nitrogen and oxygen atoms in total. The SMILES string of the molecule is CCOC(=O)c1coc(NS(C)(=O)=O)n1. The Bertz CT molecular complexity index is 450. The maximum Gasteiger partial charge on any atom is 0.360 e. The van der Waals surface area contributed by atoms with Gasteiger partial charge in [0.05, 0.1) is 12.9 Å². The summed E-state index contributed by atoms with van der Waals surface area (Å²) in [6.07, 6.45) is 1.97. The number of carbonyl (C=O) groups excluding carboxylic acids is 1. The highest BCUT2D eigenvalue weighted by Crippen LogP contribution is 2.09. The molecule has 1 N–H and O–H groups in total. The molecular formula is C7H10N2O5S. The molecule has 0 spiro atoms. The molecule has 8 heteroatoms. The number of hydrogen-bond donors (Lipinski definition) is 1. The van der Waals surface area contributed by atoms with Crippen LogP contribution < -0.4 is 4.72 Å². The predicted molar refractivity (Wildman–Crippen MR) is 50.9 cm³/mol. The van der Waals surface area contributed by atoms with Crippen molar-refractivity contribution in [2.45, 2.75) is 6.92 Å². The Labute approximate surface area is 86.5 Å². The third-order valence-corrected chi connectivity index (χ3v) is 1.81. The fourth-order valence-corrected chi connectivity index (χ4v) is 1.19. The van der Waals surface area contributed by atoms with Gasteiger partial charge in [0, 0.05) is 0 Å². The van der Waals surface area contributed by atoms with Crippen LogP contribution in [0.4, 0.5) is 6.01 Å². The van der Waals surface area contributed by atoms with Crippen LogP contribution in [0.15, 0.2) is 10.7 Å². The average molecular weight is 234 g/mol. The zero-order valence-corrected chi connectivity index (χ0v) is 9.00. The summed E-state index contributed by atoms with van der Waals surface area (Å²) in [5.41, 5.74) is -0.0806. The molecule has 0 amide bonds. The fraction of sp³-hybridized carbons (Fsp3) is 0.429. The van der Waals surface area contributed by atoms with Gasteiger partial charge in [-0.15, -0.1) is 0 Å². The monoisotopic (exact) mass is 234 g/mol. The smallest absolute Gasteiger partial charge is 0.360 e. The molecule has 0 aliphatic carbocycles. The lowest BCUT2D eigenvalue weighted by atomic mass is 10.5. The number of ether oxygens (including phenoxy) is 1. The van der Waals surface area contributed by atoms with Crippen LogP contribution in [0.2, 0.25) is 0 Å². The minimum atomic E-state index is -3.46. The summed E-state index contributed by atoms with van der Waals surface area (Å²) in [4.78, 5) is 14.7. The first kappa shape index (κ1) is 11.5. The molecule has 1 aromatic heterocycles. The second-order valence-electron chi connectivity index (χ2n) is 2.63. The van der Waals surface area contributed by atoms with Crippen molar-refractivity contribution in [3.8, 4) is 0 Å². The summed E-state index contributed by atoms with van der Waals surface area (Å²) in [6, 6.07) is -0.263. The van der Waals surface area contributed by atoms with Crippen molar-refractivity contribution >= 4 is 22.0 Å². The largest absolute Gasteiger partial charge is 0.461 e. The third-order valence-electron chi connectivity index (χ3n) is 1.26. The Balaban J connectivity index is 2.77. The third kappa shape index (κ3) is 3.58. The van der Waals surface area contributed by atoms with Crippen molar-refractivity contribution in [1.29, 1.82) is 0 Å². The van der Waals surface area contributed by atoms with Crippen LogP contribution in [0, 0.1) is 0 Å². The average Bonchev–Trinajstić information content (AvgIpc) is 2.50. The summed E-state index contributed by atoms with van der Waals surface area (Å²) in [7, 11) is -3.46. The van der Waals surface area contributed by atoms with Gasteiger partial charge < -0.3 is 9.15 Å². The van der Waals surface area contributed by atoms with E-state index in [-0.39, 0.29) is 18.3 Å². The number of sulfonamides is 1. The lowest BCUT2D eigenvalue weighted by Gasteiger charge is -1.96. The molecule has 0 atom stereocenters. The normalized spacial score (nSPS) is 11.1. The number of aromatic nitrogens is 1. The van der Waals surface area contributed by atoms with E-state index in [2.05, 4.69) is 9.72 Å². The van der Waals surface area contributed by atoms with Crippen molar-refractivity contribution in [3.05, 3.63) is 12.0 Å². The standard InChI is InChI=1S/C7H10N2O5S/c1-3-13-6(10)5-4-14-7(8-5)9-15(2,11)12/h4H,3H2,1-2H3,(H,8,9). The molecule has 0 radical (unpaired) electrons. The van der Waals surface area contributed by atoms with Crippen LogP contribution in [-0.4, -0.2) is 32.2 Å². The molecule has 1 rings (SSSR count). The quantitative estimate of drug-likeness (QED) is 0.748. The Kier molecular flexibility index (Phi) is 3.30. The highest BCUT2D eigenvalue weighted by molar-refractivity contribution is 7.91. The van der Waals surface area contributed by atoms with Gasteiger partial charge in [0.25, 0.3) is 0 Å². The van der Waals surface area contributed by atoms with Crippen LogP contribution in [0.3, 0.4) is 0 Å². The lowest BCUT2D eigenvalue weighted by Crippen LogP contribution is -2.10. The van der Waals surface area contributed by atoms with Crippen molar-refractivity contribution in [3.63, 3.8) is 0 Å². The number of carbonyl (C=O) groups is 1. The topological polar surface area (TPSA) is 98.5 Å². The second-order valence-corrected chi connectivity index (χ2v) is 4.38. The summed E-state index contributed by atoms with van der Waals surface area (Å²) < 4.78 is 32.9. The first-order valence-electron chi connectivity index (χ1n) is 4.03. The van der Waals surface area contributed by atoms with Gasteiger partial charge in [-0.25, -0.2) is 17.9 Å². The number of anilines is 1. The number of rotatable bonds is 4. The van der Waals surface area contributed by atoms with E-state index < -0.39 is 16.0 Å². The Morgan fingerprint density at radius 2 is 2.33 bits per heavy atom. The van der Waals surface area contributed by atoms with E-state index in [9.17, 15) is 13.2 Å². The number of esters is 1. The number of hydrogen-bond acceptors (Lipinski definition) is 6. The van der Waals surface area contributed by atoms with Crippen LogP contribution in [0.25, 0.3) is 0 Å². The summed E-state index contributed by atoms with van der Waals surface area (Å²) >= 11 is 0. The van der Waals surface area contributed by atoms with E-state index in [0.717, 1.165) is 12.5 Å². The molecule has 0 unspecified atom stereocenters. The first-order valence-corrected chi connectivity index (χ1v) is 5.92. The van der Waals surface area contributed by atoms with Crippen LogP contribution in [-0.2, 0) is 14.8 Å². The first-order chi connectivity index (χ1) is 6.92. The van der Waals surface area contributed by atoms with Gasteiger partial charge in [-0.3, -0.25) is 0 Å². The van der Waals surface area contributed by atoms with E-state index >= 15 is 0 Å². The summed E-state index contributed by atoms with van der Waals surface area (Å²) in [6.45, 7) is 1.86. The molecule has 1 heterocycles. The molecule has 1 aromatic rings. The van der Waals surface area contributed by atoms with Crippen molar-refractivity contribution in [1.82, 2.24) is 4.98 Å². The maximum absolute atomic E-state index is 11.1. The highest BCUT2D eigenvalue weighted by Gasteiger charge is 2.14.